The normalized spacial score (nSPS) is 13.9. The number of aryl methyl sites for hydroxylation is 2. The number of carbonyl (C=O) groups is 1. The summed E-state index contributed by atoms with van der Waals surface area (Å²) < 4.78 is 0. The summed E-state index contributed by atoms with van der Waals surface area (Å²) in [5, 5.41) is 1.46. The molecule has 5 aromatic carbocycles. The third kappa shape index (κ3) is 5.12. The maximum absolute atomic E-state index is 12.3. The van der Waals surface area contributed by atoms with Crippen LogP contribution in [-0.4, -0.2) is 18.1 Å². The number of hydrogen-bond donors (Lipinski definition) is 0. The van der Waals surface area contributed by atoms with Gasteiger partial charge in [0.1, 0.15) is 5.78 Å². The lowest BCUT2D eigenvalue weighted by Crippen LogP contribution is -2.20. The van der Waals surface area contributed by atoms with Crippen molar-refractivity contribution in [3.05, 3.63) is 126 Å². The molecule has 1 saturated heterocycles. The minimum Gasteiger partial charge on any atom is -0.300 e. The summed E-state index contributed by atoms with van der Waals surface area (Å²) in [5.41, 5.74) is 12.7. The van der Waals surface area contributed by atoms with E-state index in [1.807, 2.05) is 0 Å². The van der Waals surface area contributed by atoms with Crippen molar-refractivity contribution < 1.29 is 4.79 Å². The van der Waals surface area contributed by atoms with Crippen LogP contribution >= 0.6 is 7.92 Å². The molecule has 2 heteroatoms. The molecule has 0 atom stereocenters. The zero-order chi connectivity index (χ0) is 26.8. The second kappa shape index (κ2) is 11.1. The maximum Gasteiger partial charge on any atom is 0.133 e. The molecule has 0 aliphatic carbocycles. The predicted molar refractivity (Wildman–Crippen MR) is 168 cm³/mol. The molecular weight excluding hydrogens is 491 g/mol. The van der Waals surface area contributed by atoms with Gasteiger partial charge in [0, 0.05) is 12.8 Å². The fourth-order valence-corrected chi connectivity index (χ4v) is 8.64. The van der Waals surface area contributed by atoms with Crippen LogP contribution in [0.4, 0.5) is 0 Å². The molecule has 1 fully saturated rings. The molecule has 0 saturated carbocycles. The Hall–Kier alpha value is -3.80. The highest BCUT2D eigenvalue weighted by atomic mass is 31.1. The van der Waals surface area contributed by atoms with Crippen molar-refractivity contribution in [2.45, 2.75) is 26.7 Å². The van der Waals surface area contributed by atoms with Crippen LogP contribution in [0, 0.1) is 13.8 Å². The largest absolute Gasteiger partial charge is 0.300 e. The summed E-state index contributed by atoms with van der Waals surface area (Å²) in [6.45, 7) is 4.43. The Morgan fingerprint density at radius 1 is 0.487 bits per heavy atom. The Morgan fingerprint density at radius 3 is 1.44 bits per heavy atom. The van der Waals surface area contributed by atoms with Crippen LogP contribution in [0.3, 0.4) is 0 Å². The van der Waals surface area contributed by atoms with Crippen molar-refractivity contribution in [1.29, 1.82) is 0 Å². The number of hydrogen-bond acceptors (Lipinski definition) is 1. The first kappa shape index (κ1) is 25.5. The second-order valence-electron chi connectivity index (χ2n) is 10.5. The third-order valence-electron chi connectivity index (χ3n) is 7.94. The Kier molecular flexibility index (Phi) is 7.27. The smallest absolute Gasteiger partial charge is 0.133 e. The first-order valence-electron chi connectivity index (χ1n) is 13.8. The van der Waals surface area contributed by atoms with Gasteiger partial charge < -0.3 is 0 Å². The van der Waals surface area contributed by atoms with E-state index in [1.54, 1.807) is 0 Å². The van der Waals surface area contributed by atoms with Gasteiger partial charge in [-0.2, -0.15) is 0 Å². The maximum atomic E-state index is 12.3. The summed E-state index contributed by atoms with van der Waals surface area (Å²) in [4.78, 5) is 12.3. The van der Waals surface area contributed by atoms with Crippen molar-refractivity contribution in [3.8, 4) is 44.5 Å². The Bertz CT molecular complexity index is 1570. The number of carbonyl (C=O) groups excluding carboxylic acids is 1. The fourth-order valence-electron chi connectivity index (χ4n) is 5.88. The Labute approximate surface area is 233 Å². The average Bonchev–Trinajstić information content (AvgIpc) is 2.98. The molecule has 0 radical (unpaired) electrons. The van der Waals surface area contributed by atoms with Gasteiger partial charge in [-0.1, -0.05) is 111 Å². The van der Waals surface area contributed by atoms with Gasteiger partial charge in [0.05, 0.1) is 0 Å². The minimum atomic E-state index is -0.461. The van der Waals surface area contributed by atoms with Crippen LogP contribution in [0.1, 0.15) is 24.0 Å². The molecule has 0 N–H and O–H groups in total. The lowest BCUT2D eigenvalue weighted by molar-refractivity contribution is -0.118. The highest BCUT2D eigenvalue weighted by Crippen LogP contribution is 2.48. The van der Waals surface area contributed by atoms with Crippen LogP contribution in [0.15, 0.2) is 115 Å². The quantitative estimate of drug-likeness (QED) is 0.209. The molecular formula is C37H33OP. The van der Waals surface area contributed by atoms with Crippen LogP contribution in [0.2, 0.25) is 0 Å². The number of ketones is 1. The number of Topliss-reactive ketones (excluding diaryl/α,β-unsaturated/α-hetero) is 1. The van der Waals surface area contributed by atoms with Crippen LogP contribution in [0.25, 0.3) is 44.5 Å². The van der Waals surface area contributed by atoms with Gasteiger partial charge in [-0.15, -0.1) is 0 Å². The minimum absolute atomic E-state index is 0.414. The summed E-state index contributed by atoms with van der Waals surface area (Å²) in [6.07, 6.45) is 3.35. The molecule has 5 aromatic rings. The third-order valence-corrected chi connectivity index (χ3v) is 10.6. The summed E-state index contributed by atoms with van der Waals surface area (Å²) >= 11 is 0. The highest BCUT2D eigenvalue weighted by molar-refractivity contribution is 7.66. The molecule has 1 nitrogen and oxygen atoms in total. The van der Waals surface area contributed by atoms with Gasteiger partial charge >= 0.3 is 0 Å². The topological polar surface area (TPSA) is 17.1 Å². The van der Waals surface area contributed by atoms with Crippen molar-refractivity contribution in [1.82, 2.24) is 0 Å². The summed E-state index contributed by atoms with van der Waals surface area (Å²) in [7, 11) is -0.461. The fraction of sp³-hybridized carbons (Fsp3) is 0.162. The van der Waals surface area contributed by atoms with E-state index >= 15 is 0 Å². The van der Waals surface area contributed by atoms with Gasteiger partial charge in [0.2, 0.25) is 0 Å². The standard InChI is InChI=1S/C37H33OP/c1-26-12-6-8-16-31(26)35-24-29(34-19-11-10-18-33(34)28-14-4-3-5-15-28)25-36(32-17-9-7-13-27(32)2)37(35)39-22-20-30(38)21-23-39/h3-19,24-25H,20-23H2,1-2H3. The molecule has 0 aromatic heterocycles. The van der Waals surface area contributed by atoms with E-state index in [2.05, 4.69) is 129 Å². The molecule has 0 spiro atoms. The van der Waals surface area contributed by atoms with Crippen LogP contribution < -0.4 is 5.30 Å². The van der Waals surface area contributed by atoms with Gasteiger partial charge in [0.15, 0.2) is 0 Å². The van der Waals surface area contributed by atoms with Crippen molar-refractivity contribution in [2.75, 3.05) is 12.3 Å². The first-order chi connectivity index (χ1) is 19.1. The van der Waals surface area contributed by atoms with E-state index in [-0.39, 0.29) is 0 Å². The van der Waals surface area contributed by atoms with Crippen molar-refractivity contribution in [3.63, 3.8) is 0 Å². The molecule has 0 unspecified atom stereocenters. The summed E-state index contributed by atoms with van der Waals surface area (Å²) in [5.74, 6) is 0.414. The average molecular weight is 525 g/mol. The number of rotatable bonds is 5. The molecule has 1 aliphatic rings. The number of benzene rings is 5. The van der Waals surface area contributed by atoms with E-state index in [4.69, 9.17) is 0 Å². The molecule has 1 aliphatic heterocycles. The lowest BCUT2D eigenvalue weighted by Gasteiger charge is -2.29. The van der Waals surface area contributed by atoms with E-state index in [1.165, 1.54) is 60.9 Å². The predicted octanol–water partition coefficient (Wildman–Crippen LogP) is 9.44. The SMILES string of the molecule is Cc1ccccc1-c1cc(-c2ccccc2-c2ccccc2)cc(-c2ccccc2C)c1P1CCC(=O)CC1. The van der Waals surface area contributed by atoms with E-state index in [0.29, 0.717) is 18.6 Å². The highest BCUT2D eigenvalue weighted by Gasteiger charge is 2.27. The summed E-state index contributed by atoms with van der Waals surface area (Å²) in [6, 6.07) is 41.8. The van der Waals surface area contributed by atoms with Crippen LogP contribution in [-0.2, 0) is 4.79 Å². The zero-order valence-corrected chi connectivity index (χ0v) is 23.5. The Balaban J connectivity index is 1.68. The molecule has 39 heavy (non-hydrogen) atoms. The molecule has 1 heterocycles. The van der Waals surface area contributed by atoms with Gasteiger partial charge in [-0.05, 0) is 99.2 Å². The molecule has 6 rings (SSSR count). The van der Waals surface area contributed by atoms with E-state index < -0.39 is 7.92 Å². The van der Waals surface area contributed by atoms with E-state index in [9.17, 15) is 4.79 Å². The lowest BCUT2D eigenvalue weighted by atomic mass is 9.88. The van der Waals surface area contributed by atoms with Gasteiger partial charge in [0.25, 0.3) is 0 Å². The molecule has 192 valence electrons. The first-order valence-corrected chi connectivity index (χ1v) is 15.5. The monoisotopic (exact) mass is 524 g/mol. The second-order valence-corrected chi connectivity index (χ2v) is 12.9. The van der Waals surface area contributed by atoms with E-state index in [0.717, 1.165) is 12.3 Å². The van der Waals surface area contributed by atoms with Gasteiger partial charge in [-0.3, -0.25) is 4.79 Å². The van der Waals surface area contributed by atoms with Gasteiger partial charge in [-0.25, -0.2) is 0 Å². The molecule has 0 amide bonds. The van der Waals surface area contributed by atoms with Crippen LogP contribution in [0.5, 0.6) is 0 Å². The Morgan fingerprint density at radius 2 is 0.923 bits per heavy atom. The van der Waals surface area contributed by atoms with Crippen molar-refractivity contribution >= 4 is 19.0 Å². The molecule has 0 bridgehead atoms. The van der Waals surface area contributed by atoms with Crippen molar-refractivity contribution in [2.24, 2.45) is 0 Å². The zero-order valence-electron chi connectivity index (χ0n) is 22.7.